The number of aliphatic imine (C=N–C) groups is 1. The maximum absolute atomic E-state index is 12.8. The molecule has 166 valence electrons. The Morgan fingerprint density at radius 2 is 2.19 bits per heavy atom. The van der Waals surface area contributed by atoms with Crippen LogP contribution in [0.5, 0.6) is 0 Å². The maximum atomic E-state index is 12.8. The summed E-state index contributed by atoms with van der Waals surface area (Å²) in [5.41, 5.74) is 13.7. The molecule has 4 unspecified atom stereocenters. The Hall–Kier alpha value is -2.62. The Bertz CT molecular complexity index is 899. The molecule has 6 N–H and O–H groups in total. The van der Waals surface area contributed by atoms with Crippen LogP contribution in [0.1, 0.15) is 30.6 Å². The number of rotatable bonds is 8. The molecule has 0 aliphatic carbocycles. The molecule has 31 heavy (non-hydrogen) atoms. The first-order valence-electron chi connectivity index (χ1n) is 10.2. The fourth-order valence-electron chi connectivity index (χ4n) is 3.58. The van der Waals surface area contributed by atoms with Crippen LogP contribution in [0.25, 0.3) is 0 Å². The molecule has 0 aromatic heterocycles. The fraction of sp³-hybridized carbons (Fsp3) is 0.409. The topological polar surface area (TPSA) is 132 Å². The van der Waals surface area contributed by atoms with Gasteiger partial charge in [0.15, 0.2) is 0 Å². The lowest BCUT2D eigenvalue weighted by atomic mass is 9.92. The van der Waals surface area contributed by atoms with E-state index >= 15 is 0 Å². The molecule has 8 nitrogen and oxygen atoms in total. The first-order valence-corrected chi connectivity index (χ1v) is 11.1. The second-order valence-electron chi connectivity index (χ2n) is 7.67. The molecule has 4 atom stereocenters. The van der Waals surface area contributed by atoms with Crippen molar-refractivity contribution in [1.82, 2.24) is 10.6 Å². The van der Waals surface area contributed by atoms with Crippen LogP contribution in [0.2, 0.25) is 0 Å². The number of nitrogens with one attached hydrogen (secondary N) is 2. The molecule has 3 rings (SSSR count). The molecule has 0 radical (unpaired) electrons. The molecule has 2 aliphatic rings. The number of nitrogens with two attached hydrogens (primary N) is 2. The highest BCUT2D eigenvalue weighted by molar-refractivity contribution is 8.03. The van der Waals surface area contributed by atoms with Crippen LogP contribution < -0.4 is 22.1 Å². The van der Waals surface area contributed by atoms with Crippen LogP contribution in [0.4, 0.5) is 0 Å². The zero-order valence-electron chi connectivity index (χ0n) is 17.7. The van der Waals surface area contributed by atoms with Crippen molar-refractivity contribution in [3.8, 4) is 0 Å². The molecule has 1 aromatic rings. The average molecular weight is 444 g/mol. The van der Waals surface area contributed by atoms with E-state index in [2.05, 4.69) is 15.6 Å². The van der Waals surface area contributed by atoms with Crippen molar-refractivity contribution < 1.29 is 14.3 Å². The van der Waals surface area contributed by atoms with E-state index in [4.69, 9.17) is 16.2 Å². The van der Waals surface area contributed by atoms with Crippen molar-refractivity contribution in [3.63, 3.8) is 0 Å². The molecule has 0 bridgehead atoms. The van der Waals surface area contributed by atoms with Crippen LogP contribution in [0.3, 0.4) is 0 Å². The molecular formula is C22H29N5O3S. The van der Waals surface area contributed by atoms with E-state index in [1.54, 1.807) is 24.9 Å². The van der Waals surface area contributed by atoms with E-state index < -0.39 is 18.1 Å². The number of thioether (sulfide) groups is 1. The van der Waals surface area contributed by atoms with Gasteiger partial charge < -0.3 is 26.8 Å². The quantitative estimate of drug-likeness (QED) is 0.354. The summed E-state index contributed by atoms with van der Waals surface area (Å²) in [4.78, 5) is 29.4. The smallest absolute Gasteiger partial charge is 0.311 e. The molecule has 1 aromatic carbocycles. The number of methoxy groups -OCH3 is 1. The summed E-state index contributed by atoms with van der Waals surface area (Å²) >= 11 is 1.58. The first-order chi connectivity index (χ1) is 14.9. The number of hydrogen-bond acceptors (Lipinski definition) is 8. The van der Waals surface area contributed by atoms with Crippen LogP contribution in [-0.4, -0.2) is 36.6 Å². The second kappa shape index (κ2) is 10.6. The van der Waals surface area contributed by atoms with Gasteiger partial charge in [-0.25, -0.2) is 0 Å². The van der Waals surface area contributed by atoms with Gasteiger partial charge in [0.05, 0.1) is 24.6 Å². The van der Waals surface area contributed by atoms with E-state index in [-0.39, 0.29) is 23.2 Å². The predicted molar refractivity (Wildman–Crippen MR) is 123 cm³/mol. The molecule has 1 amide bonds. The number of benzene rings is 1. The lowest BCUT2D eigenvalue weighted by Gasteiger charge is -2.24. The zero-order chi connectivity index (χ0) is 22.4. The van der Waals surface area contributed by atoms with Crippen molar-refractivity contribution in [2.75, 3.05) is 7.11 Å². The normalized spacial score (nSPS) is 21.9. The highest BCUT2D eigenvalue weighted by atomic mass is 32.2. The molecule has 9 heteroatoms. The second-order valence-corrected chi connectivity index (χ2v) is 8.69. The third-order valence-electron chi connectivity index (χ3n) is 5.42. The molecule has 2 aliphatic heterocycles. The van der Waals surface area contributed by atoms with E-state index in [1.165, 1.54) is 7.11 Å². The number of carbonyl (C=O) groups is 2. The Labute approximate surface area is 186 Å². The highest BCUT2D eigenvalue weighted by Gasteiger charge is 2.31. The van der Waals surface area contributed by atoms with Crippen molar-refractivity contribution in [2.45, 2.75) is 37.3 Å². The van der Waals surface area contributed by atoms with Gasteiger partial charge in [-0.2, -0.15) is 0 Å². The monoisotopic (exact) mass is 443 g/mol. The minimum atomic E-state index is -0.593. The third-order valence-corrected chi connectivity index (χ3v) is 6.56. The van der Waals surface area contributed by atoms with E-state index in [0.717, 1.165) is 17.5 Å². The van der Waals surface area contributed by atoms with Gasteiger partial charge >= 0.3 is 5.97 Å². The molecule has 0 saturated heterocycles. The molecule has 0 spiro atoms. The minimum absolute atomic E-state index is 0.0821. The summed E-state index contributed by atoms with van der Waals surface area (Å²) in [6, 6.07) is 7.03. The minimum Gasteiger partial charge on any atom is -0.469 e. The highest BCUT2D eigenvalue weighted by Crippen LogP contribution is 2.30. The van der Waals surface area contributed by atoms with Gasteiger partial charge in [-0.3, -0.25) is 14.6 Å². The summed E-state index contributed by atoms with van der Waals surface area (Å²) in [5.74, 6) is -0.920. The molecule has 2 heterocycles. The number of nitrogens with zero attached hydrogens (tertiary/aromatic N) is 1. The average Bonchev–Trinajstić information content (AvgIpc) is 3.28. The first kappa shape index (κ1) is 23.1. The Balaban J connectivity index is 1.62. The van der Waals surface area contributed by atoms with Gasteiger partial charge in [0, 0.05) is 29.8 Å². The molecule has 0 fully saturated rings. The lowest BCUT2D eigenvalue weighted by Crippen LogP contribution is -2.45. The van der Waals surface area contributed by atoms with Gasteiger partial charge in [-0.15, -0.1) is 11.8 Å². The van der Waals surface area contributed by atoms with Crippen LogP contribution in [-0.2, 0) is 20.7 Å². The van der Waals surface area contributed by atoms with Crippen molar-refractivity contribution in [1.29, 1.82) is 0 Å². The number of amides is 1. The van der Waals surface area contributed by atoms with Gasteiger partial charge in [0.2, 0.25) is 0 Å². The zero-order valence-corrected chi connectivity index (χ0v) is 18.5. The van der Waals surface area contributed by atoms with E-state index in [1.807, 2.05) is 42.0 Å². The van der Waals surface area contributed by atoms with E-state index in [9.17, 15) is 9.59 Å². The van der Waals surface area contributed by atoms with Crippen LogP contribution in [0.15, 0.2) is 52.6 Å². The standard InChI is InChI=1S/C22H29N5O3S/c1-13(17(22(29)30-2)11-14-4-3-5-16(10-14)19(23)24)26-20(28)18-12-31-21(27-18)15-6-8-25-9-7-15/h3-6,8-10,12-13,15,17,19,21,27H,7,11,23-24H2,1-2H3,(H,26,28). The van der Waals surface area contributed by atoms with Crippen molar-refractivity contribution in [2.24, 2.45) is 28.3 Å². The molecule has 0 saturated carbocycles. The van der Waals surface area contributed by atoms with Gasteiger partial charge in [-0.05, 0) is 30.9 Å². The SMILES string of the molecule is COC(=O)C(Cc1cccc(C(N)N)c1)C(C)NC(=O)C1=CSC(C2C=CN=CC2)N1. The third kappa shape index (κ3) is 5.96. The van der Waals surface area contributed by atoms with Crippen molar-refractivity contribution >= 4 is 29.9 Å². The lowest BCUT2D eigenvalue weighted by molar-refractivity contribution is -0.146. The van der Waals surface area contributed by atoms with Crippen LogP contribution >= 0.6 is 11.8 Å². The van der Waals surface area contributed by atoms with Gasteiger partial charge in [0.1, 0.15) is 5.70 Å². The fourth-order valence-corrected chi connectivity index (χ4v) is 4.63. The van der Waals surface area contributed by atoms with Gasteiger partial charge in [0.25, 0.3) is 5.91 Å². The summed E-state index contributed by atoms with van der Waals surface area (Å²) in [7, 11) is 1.35. The number of carbonyl (C=O) groups excluding carboxylic acids is 2. The predicted octanol–water partition coefficient (Wildman–Crippen LogP) is 1.55. The Kier molecular flexibility index (Phi) is 7.89. The largest absolute Gasteiger partial charge is 0.469 e. The maximum Gasteiger partial charge on any atom is 0.311 e. The number of esters is 1. The van der Waals surface area contributed by atoms with Crippen molar-refractivity contribution in [3.05, 3.63) is 58.8 Å². The van der Waals surface area contributed by atoms with Gasteiger partial charge in [-0.1, -0.05) is 30.3 Å². The Morgan fingerprint density at radius 3 is 2.87 bits per heavy atom. The van der Waals surface area contributed by atoms with E-state index in [0.29, 0.717) is 12.1 Å². The molecular weight excluding hydrogens is 414 g/mol. The van der Waals surface area contributed by atoms with Crippen LogP contribution in [0, 0.1) is 11.8 Å². The summed E-state index contributed by atoms with van der Waals surface area (Å²) in [6.45, 7) is 1.80. The Morgan fingerprint density at radius 1 is 1.39 bits per heavy atom. The number of ether oxygens (including phenoxy) is 1. The summed E-state index contributed by atoms with van der Waals surface area (Å²) in [6.07, 6.45) is 6.33. The summed E-state index contributed by atoms with van der Waals surface area (Å²) < 4.78 is 4.99. The summed E-state index contributed by atoms with van der Waals surface area (Å²) in [5, 5.41) is 8.12. The number of hydrogen-bond donors (Lipinski definition) is 4.